The number of carboxylic acids is 1. The van der Waals surface area contributed by atoms with E-state index in [1.54, 1.807) is 4.90 Å². The molecular formula is C12H22N2O4. The Bertz CT molecular complexity index is 317. The number of carboxylic acid groups (broad SMARTS) is 1. The number of aliphatic carboxylic acids is 1. The van der Waals surface area contributed by atoms with Gasteiger partial charge < -0.3 is 20.1 Å². The fourth-order valence-electron chi connectivity index (χ4n) is 2.01. The Kier molecular flexibility index (Phi) is 4.95. The van der Waals surface area contributed by atoms with Gasteiger partial charge in [0.15, 0.2) is 0 Å². The van der Waals surface area contributed by atoms with Crippen LogP contribution in [0.15, 0.2) is 0 Å². The van der Waals surface area contributed by atoms with Crippen molar-refractivity contribution in [2.24, 2.45) is 0 Å². The van der Waals surface area contributed by atoms with Crippen LogP contribution in [0.1, 0.15) is 33.6 Å². The lowest BCUT2D eigenvalue weighted by Crippen LogP contribution is -2.60. The van der Waals surface area contributed by atoms with E-state index in [-0.39, 0.29) is 6.03 Å². The molecule has 1 aliphatic heterocycles. The highest BCUT2D eigenvalue weighted by Crippen LogP contribution is 2.19. The standard InChI is InChI=1S/C12H22N2O4/c1-4-5-9(10(15)16)13-11(17)14-6-7-18-8-12(14,2)3/h9H,4-8H2,1-3H3,(H,13,17)(H,15,16). The molecule has 0 aromatic rings. The predicted molar refractivity (Wildman–Crippen MR) is 66.5 cm³/mol. The summed E-state index contributed by atoms with van der Waals surface area (Å²) < 4.78 is 5.33. The summed E-state index contributed by atoms with van der Waals surface area (Å²) in [5.74, 6) is -0.990. The molecule has 0 bridgehead atoms. The summed E-state index contributed by atoms with van der Waals surface area (Å²) in [6.45, 7) is 7.13. The monoisotopic (exact) mass is 258 g/mol. The highest BCUT2D eigenvalue weighted by Gasteiger charge is 2.35. The zero-order valence-electron chi connectivity index (χ0n) is 11.2. The van der Waals surface area contributed by atoms with Gasteiger partial charge in [0.05, 0.1) is 18.8 Å². The summed E-state index contributed by atoms with van der Waals surface area (Å²) in [5.41, 5.74) is -0.405. The number of urea groups is 1. The number of morpholine rings is 1. The lowest BCUT2D eigenvalue weighted by atomic mass is 10.0. The molecule has 0 saturated carbocycles. The van der Waals surface area contributed by atoms with Gasteiger partial charge in [-0.15, -0.1) is 0 Å². The third-order valence-electron chi connectivity index (χ3n) is 3.06. The topological polar surface area (TPSA) is 78.9 Å². The molecule has 18 heavy (non-hydrogen) atoms. The fourth-order valence-corrected chi connectivity index (χ4v) is 2.01. The van der Waals surface area contributed by atoms with Crippen molar-refractivity contribution >= 4 is 12.0 Å². The number of carbonyl (C=O) groups is 2. The normalized spacial score (nSPS) is 20.3. The van der Waals surface area contributed by atoms with E-state index >= 15 is 0 Å². The van der Waals surface area contributed by atoms with Crippen LogP contribution >= 0.6 is 0 Å². The number of carbonyl (C=O) groups excluding carboxylic acids is 1. The van der Waals surface area contributed by atoms with Crippen LogP contribution in [0.25, 0.3) is 0 Å². The molecule has 0 spiro atoms. The Hall–Kier alpha value is -1.30. The molecule has 0 aromatic heterocycles. The minimum Gasteiger partial charge on any atom is -0.480 e. The molecule has 6 heteroatoms. The van der Waals surface area contributed by atoms with Gasteiger partial charge in [0.1, 0.15) is 6.04 Å². The molecule has 0 aromatic carbocycles. The first-order valence-corrected chi connectivity index (χ1v) is 6.27. The summed E-state index contributed by atoms with van der Waals surface area (Å²) in [6.07, 6.45) is 1.15. The summed E-state index contributed by atoms with van der Waals surface area (Å²) in [5, 5.41) is 11.6. The second kappa shape index (κ2) is 6.04. The van der Waals surface area contributed by atoms with Crippen LogP contribution < -0.4 is 5.32 Å². The van der Waals surface area contributed by atoms with Crippen LogP contribution in [0.5, 0.6) is 0 Å². The van der Waals surface area contributed by atoms with Crippen LogP contribution in [-0.4, -0.2) is 53.3 Å². The van der Waals surface area contributed by atoms with E-state index in [0.717, 1.165) is 0 Å². The van der Waals surface area contributed by atoms with Crippen LogP contribution in [0, 0.1) is 0 Å². The number of nitrogens with zero attached hydrogens (tertiary/aromatic N) is 1. The Balaban J connectivity index is 2.65. The lowest BCUT2D eigenvalue weighted by Gasteiger charge is -2.42. The number of hydrogen-bond donors (Lipinski definition) is 2. The number of ether oxygens (including phenoxy) is 1. The number of hydrogen-bond acceptors (Lipinski definition) is 3. The zero-order valence-corrected chi connectivity index (χ0v) is 11.2. The van der Waals surface area contributed by atoms with Gasteiger partial charge >= 0.3 is 12.0 Å². The van der Waals surface area contributed by atoms with Gasteiger partial charge in [0, 0.05) is 6.54 Å². The Morgan fingerprint density at radius 2 is 2.17 bits per heavy atom. The maximum Gasteiger partial charge on any atom is 0.326 e. The average molecular weight is 258 g/mol. The minimum absolute atomic E-state index is 0.329. The third-order valence-corrected chi connectivity index (χ3v) is 3.06. The van der Waals surface area contributed by atoms with E-state index < -0.39 is 17.6 Å². The molecule has 104 valence electrons. The van der Waals surface area contributed by atoms with E-state index in [4.69, 9.17) is 9.84 Å². The minimum atomic E-state index is -0.990. The summed E-state index contributed by atoms with van der Waals surface area (Å²) in [7, 11) is 0. The molecule has 1 saturated heterocycles. The molecule has 2 amide bonds. The molecule has 1 fully saturated rings. The van der Waals surface area contributed by atoms with Gasteiger partial charge in [0.25, 0.3) is 0 Å². The van der Waals surface area contributed by atoms with E-state index in [1.165, 1.54) is 0 Å². The molecule has 1 unspecified atom stereocenters. The van der Waals surface area contributed by atoms with Crippen molar-refractivity contribution in [3.8, 4) is 0 Å². The summed E-state index contributed by atoms with van der Waals surface area (Å²) in [6, 6.07) is -1.15. The highest BCUT2D eigenvalue weighted by atomic mass is 16.5. The third kappa shape index (κ3) is 3.60. The maximum atomic E-state index is 12.1. The predicted octanol–water partition coefficient (Wildman–Crippen LogP) is 1.06. The van der Waals surface area contributed by atoms with Crippen LogP contribution in [-0.2, 0) is 9.53 Å². The second-order valence-corrected chi connectivity index (χ2v) is 5.15. The number of rotatable bonds is 4. The molecular weight excluding hydrogens is 236 g/mol. The Labute approximate surface area is 107 Å². The average Bonchev–Trinajstić information content (AvgIpc) is 2.27. The van der Waals surface area contributed by atoms with Crippen molar-refractivity contribution in [2.75, 3.05) is 19.8 Å². The largest absolute Gasteiger partial charge is 0.480 e. The van der Waals surface area contributed by atoms with Gasteiger partial charge in [-0.1, -0.05) is 13.3 Å². The van der Waals surface area contributed by atoms with Crippen molar-refractivity contribution in [3.63, 3.8) is 0 Å². The second-order valence-electron chi connectivity index (χ2n) is 5.15. The summed E-state index contributed by atoms with van der Waals surface area (Å²) >= 11 is 0. The fraction of sp³-hybridized carbons (Fsp3) is 0.833. The molecule has 2 N–H and O–H groups in total. The smallest absolute Gasteiger partial charge is 0.326 e. The van der Waals surface area contributed by atoms with E-state index in [1.807, 2.05) is 20.8 Å². The van der Waals surface area contributed by atoms with Gasteiger partial charge in [-0.2, -0.15) is 0 Å². The SMILES string of the molecule is CCCC(NC(=O)N1CCOCC1(C)C)C(=O)O. The summed E-state index contributed by atoms with van der Waals surface area (Å²) in [4.78, 5) is 24.8. The molecule has 1 rings (SSSR count). The molecule has 6 nitrogen and oxygen atoms in total. The van der Waals surface area contributed by atoms with Crippen LogP contribution in [0.2, 0.25) is 0 Å². The highest BCUT2D eigenvalue weighted by molar-refractivity contribution is 5.83. The Morgan fingerprint density at radius 1 is 1.50 bits per heavy atom. The van der Waals surface area contributed by atoms with Crippen LogP contribution in [0.3, 0.4) is 0 Å². The molecule has 1 atom stereocenters. The van der Waals surface area contributed by atoms with Crippen molar-refractivity contribution in [1.29, 1.82) is 0 Å². The van der Waals surface area contributed by atoms with E-state index in [2.05, 4.69) is 5.32 Å². The van der Waals surface area contributed by atoms with Gasteiger partial charge in [-0.05, 0) is 20.3 Å². The zero-order chi connectivity index (χ0) is 13.8. The molecule has 0 radical (unpaired) electrons. The van der Waals surface area contributed by atoms with E-state index in [0.29, 0.717) is 32.6 Å². The van der Waals surface area contributed by atoms with Crippen LogP contribution in [0.4, 0.5) is 4.79 Å². The van der Waals surface area contributed by atoms with Crippen molar-refractivity contribution < 1.29 is 19.4 Å². The Morgan fingerprint density at radius 3 is 2.67 bits per heavy atom. The molecule has 0 aliphatic carbocycles. The first-order valence-electron chi connectivity index (χ1n) is 6.27. The number of nitrogens with one attached hydrogen (secondary N) is 1. The van der Waals surface area contributed by atoms with Gasteiger partial charge in [0.2, 0.25) is 0 Å². The lowest BCUT2D eigenvalue weighted by molar-refractivity contribution is -0.139. The van der Waals surface area contributed by atoms with Crippen molar-refractivity contribution in [3.05, 3.63) is 0 Å². The molecule has 1 heterocycles. The van der Waals surface area contributed by atoms with Crippen molar-refractivity contribution in [1.82, 2.24) is 10.2 Å². The van der Waals surface area contributed by atoms with Crippen molar-refractivity contribution in [2.45, 2.75) is 45.2 Å². The maximum absolute atomic E-state index is 12.1. The molecule has 1 aliphatic rings. The van der Waals surface area contributed by atoms with Gasteiger partial charge in [-0.3, -0.25) is 0 Å². The first kappa shape index (κ1) is 14.8. The van der Waals surface area contributed by atoms with Gasteiger partial charge in [-0.25, -0.2) is 9.59 Å². The first-order chi connectivity index (χ1) is 8.38. The quantitative estimate of drug-likeness (QED) is 0.790. The van der Waals surface area contributed by atoms with E-state index in [9.17, 15) is 9.59 Å². The number of amides is 2.